The first-order valence-electron chi connectivity index (χ1n) is 8.60. The number of allylic oxidation sites excluding steroid dienone is 3. The molecule has 6 nitrogen and oxygen atoms in total. The van der Waals surface area contributed by atoms with Gasteiger partial charge in [-0.05, 0) is 34.3 Å². The summed E-state index contributed by atoms with van der Waals surface area (Å²) in [6.07, 6.45) is 9.50. The highest BCUT2D eigenvalue weighted by Gasteiger charge is 2.15. The van der Waals surface area contributed by atoms with Gasteiger partial charge in [0.1, 0.15) is 11.6 Å². The molecule has 0 radical (unpaired) electrons. The smallest absolute Gasteiger partial charge is 0.173 e. The first-order chi connectivity index (χ1) is 12.5. The van der Waals surface area contributed by atoms with Gasteiger partial charge in [0.05, 0.1) is 23.3 Å². The van der Waals surface area contributed by atoms with Crippen LogP contribution >= 0.6 is 15.9 Å². The monoisotopic (exact) mass is 419 g/mol. The van der Waals surface area contributed by atoms with E-state index in [4.69, 9.17) is 0 Å². The second-order valence-electron chi connectivity index (χ2n) is 6.26. The van der Waals surface area contributed by atoms with E-state index in [9.17, 15) is 5.11 Å². The lowest BCUT2D eigenvalue weighted by Gasteiger charge is -2.21. The SMILES string of the molecule is C=C/C(=C\C=C/C)CNc1cc(N[C@@H](CO)C(C)C)nc2c(Br)cnn12. The zero-order valence-corrected chi connectivity index (χ0v) is 17.0. The van der Waals surface area contributed by atoms with Crippen molar-refractivity contribution in [1.82, 2.24) is 14.6 Å². The summed E-state index contributed by atoms with van der Waals surface area (Å²) in [5.41, 5.74) is 1.76. The van der Waals surface area contributed by atoms with Crippen LogP contribution in [0.3, 0.4) is 0 Å². The molecule has 0 bridgehead atoms. The predicted molar refractivity (Wildman–Crippen MR) is 112 cm³/mol. The number of halogens is 1. The Morgan fingerprint density at radius 2 is 2.23 bits per heavy atom. The van der Waals surface area contributed by atoms with E-state index >= 15 is 0 Å². The summed E-state index contributed by atoms with van der Waals surface area (Å²) in [4.78, 5) is 4.61. The van der Waals surface area contributed by atoms with Crippen molar-refractivity contribution in [3.8, 4) is 0 Å². The molecule has 0 spiro atoms. The number of nitrogens with one attached hydrogen (secondary N) is 2. The van der Waals surface area contributed by atoms with Crippen molar-refractivity contribution in [3.05, 3.63) is 53.2 Å². The third kappa shape index (κ3) is 4.95. The molecular weight excluding hydrogens is 394 g/mol. The molecule has 0 aliphatic heterocycles. The van der Waals surface area contributed by atoms with Gasteiger partial charge in [0, 0.05) is 12.6 Å². The largest absolute Gasteiger partial charge is 0.394 e. The third-order valence-electron chi connectivity index (χ3n) is 4.00. The van der Waals surface area contributed by atoms with Crippen LogP contribution < -0.4 is 10.6 Å². The Morgan fingerprint density at radius 1 is 1.46 bits per heavy atom. The van der Waals surface area contributed by atoms with Gasteiger partial charge >= 0.3 is 0 Å². The summed E-state index contributed by atoms with van der Waals surface area (Å²) in [7, 11) is 0. The molecule has 0 aromatic carbocycles. The molecule has 0 amide bonds. The van der Waals surface area contributed by atoms with Crippen LogP contribution in [0.15, 0.2) is 53.2 Å². The van der Waals surface area contributed by atoms with Crippen molar-refractivity contribution in [3.63, 3.8) is 0 Å². The number of rotatable bonds is 9. The molecule has 2 heterocycles. The fraction of sp³-hybridized carbons (Fsp3) is 0.368. The fourth-order valence-corrected chi connectivity index (χ4v) is 2.71. The first-order valence-corrected chi connectivity index (χ1v) is 9.39. The Bertz CT molecular complexity index is 810. The Morgan fingerprint density at radius 3 is 2.85 bits per heavy atom. The van der Waals surface area contributed by atoms with Crippen LogP contribution in [0.25, 0.3) is 5.65 Å². The van der Waals surface area contributed by atoms with Crippen molar-refractivity contribution in [2.45, 2.75) is 26.8 Å². The lowest BCUT2D eigenvalue weighted by molar-refractivity contribution is 0.249. The van der Waals surface area contributed by atoms with Gasteiger partial charge in [0.25, 0.3) is 0 Å². The van der Waals surface area contributed by atoms with Crippen LogP contribution in [0.5, 0.6) is 0 Å². The van der Waals surface area contributed by atoms with Crippen LogP contribution in [0.1, 0.15) is 20.8 Å². The third-order valence-corrected chi connectivity index (χ3v) is 4.56. The summed E-state index contributed by atoms with van der Waals surface area (Å²) in [6.45, 7) is 10.6. The standard InChI is InChI=1S/C19H26BrN5O/c1-5-7-8-14(6-2)10-21-18-9-17(23-16(12-26)13(3)4)24-19-15(20)11-22-25(18)19/h5-9,11,13,16,21,26H,2,10,12H2,1,3-4H3,(H,23,24)/b7-5-,14-8+/t16-/m0/s1. The van der Waals surface area contributed by atoms with Crippen LogP contribution in [-0.2, 0) is 0 Å². The zero-order valence-electron chi connectivity index (χ0n) is 15.4. The van der Waals surface area contributed by atoms with Gasteiger partial charge in [-0.15, -0.1) is 0 Å². The minimum absolute atomic E-state index is 0.0421. The Labute approximate surface area is 162 Å². The van der Waals surface area contributed by atoms with Crippen molar-refractivity contribution in [2.24, 2.45) is 5.92 Å². The summed E-state index contributed by atoms with van der Waals surface area (Å²) in [5, 5.41) is 20.6. The Balaban J connectivity index is 2.33. The lowest BCUT2D eigenvalue weighted by Crippen LogP contribution is -2.30. The average molecular weight is 420 g/mol. The molecule has 2 rings (SSSR count). The van der Waals surface area contributed by atoms with E-state index < -0.39 is 0 Å². The van der Waals surface area contributed by atoms with E-state index in [0.29, 0.717) is 18.0 Å². The molecule has 2 aromatic heterocycles. The van der Waals surface area contributed by atoms with E-state index in [1.807, 2.05) is 37.3 Å². The quantitative estimate of drug-likeness (QED) is 0.535. The highest BCUT2D eigenvalue weighted by atomic mass is 79.9. The van der Waals surface area contributed by atoms with Gasteiger partial charge in [0.2, 0.25) is 0 Å². The second-order valence-corrected chi connectivity index (χ2v) is 7.11. The summed E-state index contributed by atoms with van der Waals surface area (Å²) in [5.74, 6) is 1.77. The molecule has 0 aliphatic carbocycles. The molecule has 0 saturated carbocycles. The maximum Gasteiger partial charge on any atom is 0.173 e. The van der Waals surface area contributed by atoms with Crippen molar-refractivity contribution < 1.29 is 5.11 Å². The second kappa shape index (κ2) is 9.54. The molecule has 2 aromatic rings. The molecule has 140 valence electrons. The van der Waals surface area contributed by atoms with E-state index in [1.165, 1.54) is 0 Å². The number of hydrogen-bond acceptors (Lipinski definition) is 5. The molecule has 26 heavy (non-hydrogen) atoms. The minimum atomic E-state index is -0.0715. The van der Waals surface area contributed by atoms with Crippen molar-refractivity contribution >= 4 is 33.2 Å². The molecule has 3 N–H and O–H groups in total. The van der Waals surface area contributed by atoms with Crippen LogP contribution in [0, 0.1) is 5.92 Å². The van der Waals surface area contributed by atoms with Crippen LogP contribution in [0.2, 0.25) is 0 Å². The number of hydrogen-bond donors (Lipinski definition) is 3. The summed E-state index contributed by atoms with van der Waals surface area (Å²) in [6, 6.07) is 1.83. The molecular formula is C19H26BrN5O. The average Bonchev–Trinajstić information content (AvgIpc) is 3.00. The predicted octanol–water partition coefficient (Wildman–Crippen LogP) is 4.02. The molecule has 7 heteroatoms. The molecule has 0 fully saturated rings. The van der Waals surface area contributed by atoms with Gasteiger partial charge in [0.15, 0.2) is 5.65 Å². The zero-order chi connectivity index (χ0) is 19.1. The summed E-state index contributed by atoms with van der Waals surface area (Å²) >= 11 is 3.49. The summed E-state index contributed by atoms with van der Waals surface area (Å²) < 4.78 is 2.55. The Kier molecular flexibility index (Phi) is 7.41. The normalized spacial score (nSPS) is 13.5. The first kappa shape index (κ1) is 20.2. The van der Waals surface area contributed by atoms with E-state index in [1.54, 1.807) is 10.7 Å². The Hall–Kier alpha value is -2.12. The highest BCUT2D eigenvalue weighted by Crippen LogP contribution is 2.23. The van der Waals surface area contributed by atoms with Gasteiger partial charge in [-0.25, -0.2) is 4.98 Å². The van der Waals surface area contributed by atoms with Gasteiger partial charge in [-0.2, -0.15) is 9.61 Å². The van der Waals surface area contributed by atoms with E-state index in [-0.39, 0.29) is 18.6 Å². The van der Waals surface area contributed by atoms with Crippen LogP contribution in [0.4, 0.5) is 11.6 Å². The molecule has 0 aliphatic rings. The maximum atomic E-state index is 9.59. The van der Waals surface area contributed by atoms with Crippen molar-refractivity contribution in [2.75, 3.05) is 23.8 Å². The van der Waals surface area contributed by atoms with E-state index in [0.717, 1.165) is 15.9 Å². The van der Waals surface area contributed by atoms with Gasteiger partial charge in [-0.1, -0.05) is 44.7 Å². The van der Waals surface area contributed by atoms with Crippen LogP contribution in [-0.4, -0.2) is 38.9 Å². The number of fused-ring (bicyclic) bond motifs is 1. The number of nitrogens with zero attached hydrogens (tertiary/aromatic N) is 3. The maximum absolute atomic E-state index is 9.59. The van der Waals surface area contributed by atoms with E-state index in [2.05, 4.69) is 57.1 Å². The molecule has 0 unspecified atom stereocenters. The van der Waals surface area contributed by atoms with Crippen molar-refractivity contribution in [1.29, 1.82) is 0 Å². The fourth-order valence-electron chi connectivity index (χ4n) is 2.36. The number of aliphatic hydroxyl groups is 1. The number of anilines is 2. The minimum Gasteiger partial charge on any atom is -0.394 e. The van der Waals surface area contributed by atoms with Gasteiger partial charge in [-0.3, -0.25) is 0 Å². The lowest BCUT2D eigenvalue weighted by atomic mass is 10.1. The molecule has 1 atom stereocenters. The number of aliphatic hydroxyl groups excluding tert-OH is 1. The van der Waals surface area contributed by atoms with Gasteiger partial charge < -0.3 is 15.7 Å². The highest BCUT2D eigenvalue weighted by molar-refractivity contribution is 9.10. The topological polar surface area (TPSA) is 74.5 Å². The molecule has 0 saturated heterocycles. The number of aromatic nitrogens is 3.